The maximum atomic E-state index is 12.4. The number of fused-ring (bicyclic) bond motifs is 1. The van der Waals surface area contributed by atoms with E-state index < -0.39 is 24.0 Å². The van der Waals surface area contributed by atoms with Gasteiger partial charge in [-0.25, -0.2) is 4.57 Å². The van der Waals surface area contributed by atoms with E-state index in [0.717, 1.165) is 5.56 Å². The standard InChI is InChI=1S/C17H20N6O5/c18-16-21-13-12(14(26)23(16)19)20-17(27-8-9-4-2-1-3-5-9)22(13)15-11(25)6-10(7-24)28-15/h1-5,10-11,15,24-25H,6-8,19H2,(H2,18,21)/t10-,11+,15+/m0/s1. The van der Waals surface area contributed by atoms with Gasteiger partial charge in [0, 0.05) is 6.42 Å². The van der Waals surface area contributed by atoms with Crippen molar-refractivity contribution in [2.45, 2.75) is 31.5 Å². The fourth-order valence-electron chi connectivity index (χ4n) is 3.17. The number of nitrogens with two attached hydrogens (primary N) is 2. The van der Waals surface area contributed by atoms with Crippen LogP contribution in [-0.4, -0.2) is 48.2 Å². The van der Waals surface area contributed by atoms with Gasteiger partial charge in [-0.3, -0.25) is 4.79 Å². The van der Waals surface area contributed by atoms with Crippen LogP contribution in [0.1, 0.15) is 18.2 Å². The van der Waals surface area contributed by atoms with E-state index in [4.69, 9.17) is 21.1 Å². The van der Waals surface area contributed by atoms with Gasteiger partial charge in [0.2, 0.25) is 5.95 Å². The van der Waals surface area contributed by atoms with Crippen LogP contribution in [0.25, 0.3) is 11.2 Å². The van der Waals surface area contributed by atoms with Gasteiger partial charge in [-0.1, -0.05) is 30.3 Å². The second-order valence-corrected chi connectivity index (χ2v) is 6.49. The summed E-state index contributed by atoms with van der Waals surface area (Å²) in [4.78, 5) is 20.8. The molecule has 3 atom stereocenters. The molecule has 11 heteroatoms. The Hall–Kier alpha value is -3.15. The van der Waals surface area contributed by atoms with Crippen LogP contribution in [0.15, 0.2) is 35.1 Å². The maximum absolute atomic E-state index is 12.4. The third-order valence-corrected chi connectivity index (χ3v) is 4.58. The zero-order valence-corrected chi connectivity index (χ0v) is 14.8. The van der Waals surface area contributed by atoms with Crippen LogP contribution in [0.4, 0.5) is 5.95 Å². The zero-order chi connectivity index (χ0) is 19.8. The molecule has 11 nitrogen and oxygen atoms in total. The lowest BCUT2D eigenvalue weighted by molar-refractivity contribution is -0.0525. The van der Waals surface area contributed by atoms with Gasteiger partial charge >= 0.3 is 11.6 Å². The van der Waals surface area contributed by atoms with Crippen LogP contribution in [0.5, 0.6) is 6.01 Å². The van der Waals surface area contributed by atoms with Gasteiger partial charge in [0.25, 0.3) is 0 Å². The van der Waals surface area contributed by atoms with Crippen molar-refractivity contribution in [3.8, 4) is 6.01 Å². The maximum Gasteiger partial charge on any atom is 0.301 e. The molecular weight excluding hydrogens is 368 g/mol. The van der Waals surface area contributed by atoms with Crippen molar-refractivity contribution in [2.24, 2.45) is 0 Å². The quantitative estimate of drug-likeness (QED) is 0.406. The summed E-state index contributed by atoms with van der Waals surface area (Å²) in [5, 5.41) is 19.8. The minimum Gasteiger partial charge on any atom is -0.460 e. The molecule has 6 N–H and O–H groups in total. The lowest BCUT2D eigenvalue weighted by Crippen LogP contribution is -2.31. The van der Waals surface area contributed by atoms with Crippen molar-refractivity contribution in [1.82, 2.24) is 19.2 Å². The minimum atomic E-state index is -0.961. The van der Waals surface area contributed by atoms with Crippen LogP contribution in [0.3, 0.4) is 0 Å². The van der Waals surface area contributed by atoms with E-state index in [1.54, 1.807) is 0 Å². The Kier molecular flexibility index (Phi) is 4.63. The van der Waals surface area contributed by atoms with Gasteiger partial charge in [0.05, 0.1) is 12.7 Å². The Balaban J connectivity index is 1.81. The molecule has 1 aliphatic rings. The predicted octanol–water partition coefficient (Wildman–Crippen LogP) is -0.891. The molecule has 28 heavy (non-hydrogen) atoms. The fourth-order valence-corrected chi connectivity index (χ4v) is 3.17. The van der Waals surface area contributed by atoms with Gasteiger partial charge in [0.1, 0.15) is 12.7 Å². The number of aliphatic hydroxyl groups is 2. The highest BCUT2D eigenvalue weighted by Crippen LogP contribution is 2.34. The highest BCUT2D eigenvalue weighted by molar-refractivity contribution is 5.73. The summed E-state index contributed by atoms with van der Waals surface area (Å²) in [5.41, 5.74) is 5.96. The van der Waals surface area contributed by atoms with Crippen LogP contribution in [0.2, 0.25) is 0 Å². The van der Waals surface area contributed by atoms with Crippen LogP contribution >= 0.6 is 0 Å². The van der Waals surface area contributed by atoms with E-state index in [0.29, 0.717) is 4.68 Å². The molecule has 0 aliphatic carbocycles. The van der Waals surface area contributed by atoms with E-state index in [1.807, 2.05) is 30.3 Å². The predicted molar refractivity (Wildman–Crippen MR) is 98.7 cm³/mol. The minimum absolute atomic E-state index is 0.0247. The van der Waals surface area contributed by atoms with Gasteiger partial charge < -0.3 is 31.3 Å². The molecule has 0 amide bonds. The molecule has 0 spiro atoms. The lowest BCUT2D eigenvalue weighted by atomic mass is 10.2. The Labute approximate surface area is 158 Å². The molecule has 3 aromatic rings. The molecule has 3 heterocycles. The van der Waals surface area contributed by atoms with E-state index in [-0.39, 0.29) is 42.8 Å². The van der Waals surface area contributed by atoms with Gasteiger partial charge in [-0.05, 0) is 5.56 Å². The monoisotopic (exact) mass is 388 g/mol. The summed E-state index contributed by atoms with van der Waals surface area (Å²) >= 11 is 0. The smallest absolute Gasteiger partial charge is 0.301 e. The average molecular weight is 388 g/mol. The first-order valence-electron chi connectivity index (χ1n) is 8.66. The third-order valence-electron chi connectivity index (χ3n) is 4.58. The molecule has 1 aliphatic heterocycles. The summed E-state index contributed by atoms with van der Waals surface area (Å²) in [6.07, 6.45) is -2.26. The van der Waals surface area contributed by atoms with Crippen molar-refractivity contribution in [1.29, 1.82) is 0 Å². The molecule has 0 saturated carbocycles. The molecule has 1 aromatic carbocycles. The summed E-state index contributed by atoms with van der Waals surface area (Å²) < 4.78 is 13.6. The number of nitrogens with zero attached hydrogens (tertiary/aromatic N) is 4. The normalized spacial score (nSPS) is 22.0. The second-order valence-electron chi connectivity index (χ2n) is 6.49. The summed E-state index contributed by atoms with van der Waals surface area (Å²) in [5.74, 6) is 5.39. The third kappa shape index (κ3) is 3.05. The number of nitrogen functional groups attached to an aromatic ring is 2. The number of hydrogen-bond acceptors (Lipinski definition) is 9. The molecule has 2 aromatic heterocycles. The Morgan fingerprint density at radius 2 is 2.04 bits per heavy atom. The molecule has 0 unspecified atom stereocenters. The molecule has 1 saturated heterocycles. The molecule has 1 fully saturated rings. The van der Waals surface area contributed by atoms with Crippen molar-refractivity contribution < 1.29 is 19.7 Å². The van der Waals surface area contributed by atoms with Crippen molar-refractivity contribution in [3.63, 3.8) is 0 Å². The Morgan fingerprint density at radius 3 is 2.71 bits per heavy atom. The number of benzene rings is 1. The number of imidazole rings is 1. The Morgan fingerprint density at radius 1 is 1.29 bits per heavy atom. The molecule has 4 rings (SSSR count). The van der Waals surface area contributed by atoms with Gasteiger partial charge in [-0.15, -0.1) is 0 Å². The highest BCUT2D eigenvalue weighted by atomic mass is 16.6. The number of aliphatic hydroxyl groups excluding tert-OH is 2. The average Bonchev–Trinajstić information content (AvgIpc) is 3.25. The number of ether oxygens (including phenoxy) is 2. The first-order valence-corrected chi connectivity index (χ1v) is 8.66. The lowest BCUT2D eigenvalue weighted by Gasteiger charge is -2.19. The van der Waals surface area contributed by atoms with Crippen molar-refractivity contribution in [2.75, 3.05) is 18.2 Å². The van der Waals surface area contributed by atoms with Crippen molar-refractivity contribution in [3.05, 3.63) is 46.2 Å². The van der Waals surface area contributed by atoms with Crippen LogP contribution < -0.4 is 21.9 Å². The van der Waals surface area contributed by atoms with E-state index >= 15 is 0 Å². The fraction of sp³-hybridized carbons (Fsp3) is 0.353. The molecular formula is C17H20N6O5. The number of rotatable bonds is 5. The Bertz CT molecular complexity index is 1050. The van der Waals surface area contributed by atoms with Gasteiger partial charge in [-0.2, -0.15) is 14.6 Å². The summed E-state index contributed by atoms with van der Waals surface area (Å²) in [7, 11) is 0. The number of aromatic nitrogens is 4. The first kappa shape index (κ1) is 18.2. The molecule has 148 valence electrons. The summed E-state index contributed by atoms with van der Waals surface area (Å²) in [6.45, 7) is -0.0890. The zero-order valence-electron chi connectivity index (χ0n) is 14.8. The van der Waals surface area contributed by atoms with Crippen LogP contribution in [-0.2, 0) is 11.3 Å². The second kappa shape index (κ2) is 7.11. The van der Waals surface area contributed by atoms with Gasteiger partial charge in [0.15, 0.2) is 17.4 Å². The van der Waals surface area contributed by atoms with Crippen LogP contribution in [0, 0.1) is 0 Å². The molecule has 0 radical (unpaired) electrons. The molecule has 0 bridgehead atoms. The number of anilines is 1. The largest absolute Gasteiger partial charge is 0.460 e. The number of hydrogen-bond donors (Lipinski definition) is 4. The van der Waals surface area contributed by atoms with E-state index in [1.165, 1.54) is 4.57 Å². The summed E-state index contributed by atoms with van der Waals surface area (Å²) in [6, 6.07) is 9.39. The SMILES string of the molecule is Nc1nc2c(nc(OCc3ccccc3)n2[C@@H]2O[C@H](CO)C[C@H]2O)c(=O)n1N. The van der Waals surface area contributed by atoms with E-state index in [9.17, 15) is 15.0 Å². The topological polar surface area (TPSA) is 164 Å². The first-order chi connectivity index (χ1) is 13.5. The highest BCUT2D eigenvalue weighted by Gasteiger charge is 2.38. The van der Waals surface area contributed by atoms with E-state index in [2.05, 4.69) is 9.97 Å². The van der Waals surface area contributed by atoms with Crippen molar-refractivity contribution >= 4 is 17.1 Å².